The van der Waals surface area contributed by atoms with Crippen molar-refractivity contribution in [3.63, 3.8) is 0 Å². The van der Waals surface area contributed by atoms with Gasteiger partial charge in [-0.2, -0.15) is 0 Å². The number of nitrogens with two attached hydrogens (primary N) is 1. The van der Waals surface area contributed by atoms with Crippen LogP contribution < -0.4 is 11.3 Å². The van der Waals surface area contributed by atoms with Gasteiger partial charge in [0, 0.05) is 0 Å². The minimum absolute atomic E-state index is 0.0375. The Balaban J connectivity index is 2.35. The molecule has 19 heavy (non-hydrogen) atoms. The number of benzene rings is 1. The van der Waals surface area contributed by atoms with Gasteiger partial charge in [-0.05, 0) is 29.9 Å². The van der Waals surface area contributed by atoms with Gasteiger partial charge in [-0.25, -0.2) is 5.84 Å². The minimum atomic E-state index is -0.414. The topological polar surface area (TPSA) is 55.1 Å². The molecule has 1 aromatic carbocycles. The Kier molecular flexibility index (Phi) is 4.25. The van der Waals surface area contributed by atoms with Gasteiger partial charge in [0.1, 0.15) is 0 Å². The zero-order valence-electron chi connectivity index (χ0n) is 11.9. The summed E-state index contributed by atoms with van der Waals surface area (Å²) in [5, 5.41) is 0. The molecule has 0 unspecified atom stereocenters. The summed E-state index contributed by atoms with van der Waals surface area (Å²) in [5.74, 6) is 5.88. The summed E-state index contributed by atoms with van der Waals surface area (Å²) in [7, 11) is 0. The van der Waals surface area contributed by atoms with E-state index in [9.17, 15) is 4.79 Å². The minimum Gasteiger partial charge on any atom is -0.293 e. The average molecular weight is 260 g/mol. The molecule has 3 heteroatoms. The molecule has 0 heterocycles. The fourth-order valence-electron chi connectivity index (χ4n) is 3.13. The first-order valence-electron chi connectivity index (χ1n) is 7.21. The summed E-state index contributed by atoms with van der Waals surface area (Å²) in [4.78, 5) is 12.3. The molecule has 0 bridgehead atoms. The van der Waals surface area contributed by atoms with Gasteiger partial charge >= 0.3 is 0 Å². The first-order valence-corrected chi connectivity index (χ1v) is 7.21. The molecule has 0 saturated heterocycles. The molecule has 3 N–H and O–H groups in total. The predicted octanol–water partition coefficient (Wildman–Crippen LogP) is 3.00. The van der Waals surface area contributed by atoms with E-state index in [4.69, 9.17) is 5.84 Å². The van der Waals surface area contributed by atoms with Crippen molar-refractivity contribution in [2.24, 2.45) is 5.84 Å². The molecular weight excluding hydrogens is 236 g/mol. The molecule has 0 radical (unpaired) electrons. The zero-order valence-corrected chi connectivity index (χ0v) is 11.9. The van der Waals surface area contributed by atoms with Crippen LogP contribution in [0.2, 0.25) is 0 Å². The molecule has 1 amide bonds. The van der Waals surface area contributed by atoms with Crippen molar-refractivity contribution in [3.05, 3.63) is 35.4 Å². The van der Waals surface area contributed by atoms with Crippen LogP contribution in [0.4, 0.5) is 0 Å². The van der Waals surface area contributed by atoms with Crippen molar-refractivity contribution in [2.45, 2.75) is 57.3 Å². The van der Waals surface area contributed by atoms with E-state index in [0.717, 1.165) is 31.2 Å². The highest BCUT2D eigenvalue weighted by Gasteiger charge is 2.40. The highest BCUT2D eigenvalue weighted by Crippen LogP contribution is 2.39. The average Bonchev–Trinajstić information content (AvgIpc) is 2.47. The zero-order chi connectivity index (χ0) is 13.9. The summed E-state index contributed by atoms with van der Waals surface area (Å²) >= 11 is 0. The van der Waals surface area contributed by atoms with Crippen LogP contribution in [0.3, 0.4) is 0 Å². The maximum Gasteiger partial charge on any atom is 0.244 e. The number of hydrazine groups is 1. The Bertz CT molecular complexity index is 431. The van der Waals surface area contributed by atoms with Gasteiger partial charge in [0.05, 0.1) is 5.41 Å². The van der Waals surface area contributed by atoms with Crippen LogP contribution in [0.5, 0.6) is 0 Å². The van der Waals surface area contributed by atoms with Crippen molar-refractivity contribution in [2.75, 3.05) is 0 Å². The summed E-state index contributed by atoms with van der Waals surface area (Å²) in [6.45, 7) is 4.36. The molecule has 0 spiro atoms. The molecule has 3 nitrogen and oxygen atoms in total. The Morgan fingerprint density at radius 2 is 1.74 bits per heavy atom. The molecule has 1 fully saturated rings. The molecule has 1 saturated carbocycles. The Labute approximate surface area is 115 Å². The van der Waals surface area contributed by atoms with E-state index >= 15 is 0 Å². The van der Waals surface area contributed by atoms with Gasteiger partial charge in [-0.15, -0.1) is 0 Å². The molecule has 1 aliphatic carbocycles. The summed E-state index contributed by atoms with van der Waals surface area (Å²) in [6, 6.07) is 8.49. The lowest BCUT2D eigenvalue weighted by molar-refractivity contribution is -0.128. The van der Waals surface area contributed by atoms with Crippen molar-refractivity contribution in [3.8, 4) is 0 Å². The maximum absolute atomic E-state index is 12.3. The van der Waals surface area contributed by atoms with E-state index < -0.39 is 5.41 Å². The van der Waals surface area contributed by atoms with E-state index in [-0.39, 0.29) is 5.91 Å². The lowest BCUT2D eigenvalue weighted by Gasteiger charge is -2.36. The van der Waals surface area contributed by atoms with Crippen LogP contribution in [0.15, 0.2) is 24.3 Å². The first kappa shape index (κ1) is 14.1. The molecule has 0 aromatic heterocycles. The van der Waals surface area contributed by atoms with E-state index in [1.165, 1.54) is 12.0 Å². The Morgan fingerprint density at radius 1 is 1.16 bits per heavy atom. The van der Waals surface area contributed by atoms with E-state index in [1.807, 2.05) is 0 Å². The van der Waals surface area contributed by atoms with Gasteiger partial charge < -0.3 is 0 Å². The molecule has 104 valence electrons. The highest BCUT2D eigenvalue weighted by atomic mass is 16.2. The normalized spacial score (nSPS) is 18.3. The smallest absolute Gasteiger partial charge is 0.244 e. The number of nitrogens with one attached hydrogen (secondary N) is 1. The fraction of sp³-hybridized carbons (Fsp3) is 0.562. The number of carbonyl (C=O) groups is 1. The molecule has 2 rings (SSSR count). The van der Waals surface area contributed by atoms with Gasteiger partial charge in [0.15, 0.2) is 0 Å². The molecular formula is C16H24N2O. The van der Waals surface area contributed by atoms with Crippen LogP contribution >= 0.6 is 0 Å². The predicted molar refractivity (Wildman–Crippen MR) is 77.6 cm³/mol. The largest absolute Gasteiger partial charge is 0.293 e. The number of carbonyl (C=O) groups excluding carboxylic acids is 1. The van der Waals surface area contributed by atoms with Crippen LogP contribution in [0, 0.1) is 0 Å². The third-order valence-corrected chi connectivity index (χ3v) is 4.40. The van der Waals surface area contributed by atoms with E-state index in [0.29, 0.717) is 5.92 Å². The third kappa shape index (κ3) is 2.66. The van der Waals surface area contributed by atoms with Gasteiger partial charge in [-0.1, -0.05) is 57.4 Å². The van der Waals surface area contributed by atoms with E-state index in [1.54, 1.807) is 0 Å². The fourth-order valence-corrected chi connectivity index (χ4v) is 3.13. The quantitative estimate of drug-likeness (QED) is 0.498. The number of hydrogen-bond donors (Lipinski definition) is 2. The van der Waals surface area contributed by atoms with Crippen LogP contribution in [0.25, 0.3) is 0 Å². The molecule has 0 aliphatic heterocycles. The molecule has 1 aromatic rings. The number of rotatable bonds is 3. The maximum atomic E-state index is 12.3. The third-order valence-electron chi connectivity index (χ3n) is 4.40. The standard InChI is InChI=1S/C16H24N2O/c1-12(2)13-6-8-14(9-7-13)16(15(19)18-17)10-4-3-5-11-16/h6-9,12H,3-5,10-11,17H2,1-2H3,(H,18,19). The monoisotopic (exact) mass is 260 g/mol. The van der Waals surface area contributed by atoms with Crippen molar-refractivity contribution in [1.29, 1.82) is 0 Å². The van der Waals surface area contributed by atoms with Gasteiger partial charge in [0.2, 0.25) is 5.91 Å². The summed E-state index contributed by atoms with van der Waals surface area (Å²) in [6.07, 6.45) is 5.20. The second-order valence-corrected chi connectivity index (χ2v) is 5.89. The van der Waals surface area contributed by atoms with Gasteiger partial charge in [-0.3, -0.25) is 10.2 Å². The molecule has 1 aliphatic rings. The number of hydrogen-bond acceptors (Lipinski definition) is 2. The summed E-state index contributed by atoms with van der Waals surface area (Å²) < 4.78 is 0. The van der Waals surface area contributed by atoms with Crippen molar-refractivity contribution < 1.29 is 4.79 Å². The number of amides is 1. The highest BCUT2D eigenvalue weighted by molar-refractivity contribution is 5.87. The SMILES string of the molecule is CC(C)c1ccc(C2(C(=O)NN)CCCCC2)cc1. The van der Waals surface area contributed by atoms with E-state index in [2.05, 4.69) is 43.5 Å². The van der Waals surface area contributed by atoms with Crippen LogP contribution in [-0.2, 0) is 10.2 Å². The second-order valence-electron chi connectivity index (χ2n) is 5.89. The van der Waals surface area contributed by atoms with Crippen LogP contribution in [-0.4, -0.2) is 5.91 Å². The Hall–Kier alpha value is -1.35. The Morgan fingerprint density at radius 3 is 2.21 bits per heavy atom. The van der Waals surface area contributed by atoms with Crippen LogP contribution in [0.1, 0.15) is 63.0 Å². The van der Waals surface area contributed by atoms with Gasteiger partial charge in [0.25, 0.3) is 0 Å². The lowest BCUT2D eigenvalue weighted by Crippen LogP contribution is -2.48. The van der Waals surface area contributed by atoms with Crippen molar-refractivity contribution >= 4 is 5.91 Å². The van der Waals surface area contributed by atoms with Crippen molar-refractivity contribution in [1.82, 2.24) is 5.43 Å². The lowest BCUT2D eigenvalue weighted by atomic mass is 9.68. The first-order chi connectivity index (χ1) is 9.10. The summed E-state index contributed by atoms with van der Waals surface area (Å²) in [5.41, 5.74) is 4.38. The second kappa shape index (κ2) is 5.74. The molecule has 0 atom stereocenters.